The molecule has 0 aromatic heterocycles. The number of carbonyl (C=O) groups excluding carboxylic acids is 1. The maximum Gasteiger partial charge on any atom is 0.305 e. The van der Waals surface area contributed by atoms with Crippen LogP contribution in [0.4, 0.5) is 0 Å². The Labute approximate surface area is 129 Å². The predicted octanol–water partition coefficient (Wildman–Crippen LogP) is 4.33. The van der Waals surface area contributed by atoms with Crippen molar-refractivity contribution >= 4 is 5.97 Å². The lowest BCUT2D eigenvalue weighted by atomic mass is 10.1. The molecular weight excluding hydrogens is 264 g/mol. The molecule has 21 heavy (non-hydrogen) atoms. The number of carbonyl (C=O) groups is 1. The van der Waals surface area contributed by atoms with E-state index in [1.807, 2.05) is 31.2 Å². The van der Waals surface area contributed by atoms with Crippen LogP contribution in [0.3, 0.4) is 0 Å². The monoisotopic (exact) mass is 294 g/mol. The zero-order valence-corrected chi connectivity index (χ0v) is 13.5. The van der Waals surface area contributed by atoms with E-state index in [0.29, 0.717) is 6.42 Å². The van der Waals surface area contributed by atoms with Crippen LogP contribution in [0.5, 0.6) is 0 Å². The summed E-state index contributed by atoms with van der Waals surface area (Å²) < 4.78 is 4.59. The van der Waals surface area contributed by atoms with Crippen molar-refractivity contribution < 1.29 is 14.6 Å². The standard InChI is InChI=1S/C18H30O3/c1-3-4-5-6-8-11-14-17(19)15-12-9-7-10-13-16-18(20)21-2/h3-4,6,8,11,14,17,19H,5,7,9-10,12-13,15-16H2,1-2H3. The molecule has 0 rings (SSSR count). The molecular formula is C18H30O3. The average Bonchev–Trinajstić information content (AvgIpc) is 2.49. The maximum atomic E-state index is 10.9. The van der Waals surface area contributed by atoms with Crippen molar-refractivity contribution in [3.63, 3.8) is 0 Å². The van der Waals surface area contributed by atoms with Crippen LogP contribution < -0.4 is 0 Å². The minimum Gasteiger partial charge on any atom is -0.469 e. The van der Waals surface area contributed by atoms with Gasteiger partial charge in [-0.15, -0.1) is 0 Å². The first-order chi connectivity index (χ1) is 10.2. The third-order valence-electron chi connectivity index (χ3n) is 3.20. The van der Waals surface area contributed by atoms with Gasteiger partial charge in [-0.05, 0) is 26.2 Å². The van der Waals surface area contributed by atoms with Gasteiger partial charge in [0.15, 0.2) is 0 Å². The lowest BCUT2D eigenvalue weighted by molar-refractivity contribution is -0.140. The van der Waals surface area contributed by atoms with E-state index < -0.39 is 0 Å². The number of unbranched alkanes of at least 4 members (excludes halogenated alkanes) is 4. The normalized spacial score (nSPS) is 13.5. The summed E-state index contributed by atoms with van der Waals surface area (Å²) in [7, 11) is 1.42. The highest BCUT2D eigenvalue weighted by atomic mass is 16.5. The number of esters is 1. The van der Waals surface area contributed by atoms with E-state index in [9.17, 15) is 9.90 Å². The smallest absolute Gasteiger partial charge is 0.305 e. The summed E-state index contributed by atoms with van der Waals surface area (Å²) in [5.74, 6) is -0.127. The number of hydrogen-bond donors (Lipinski definition) is 1. The Kier molecular flexibility index (Phi) is 14.1. The Morgan fingerprint density at radius 1 is 1.10 bits per heavy atom. The molecule has 0 amide bonds. The number of hydrogen-bond acceptors (Lipinski definition) is 3. The van der Waals surface area contributed by atoms with Crippen LogP contribution in [0.1, 0.15) is 58.3 Å². The quantitative estimate of drug-likeness (QED) is 0.252. The maximum absolute atomic E-state index is 10.9. The molecule has 0 spiro atoms. The summed E-state index contributed by atoms with van der Waals surface area (Å²) in [6.45, 7) is 2.00. The summed E-state index contributed by atoms with van der Waals surface area (Å²) in [5, 5.41) is 9.76. The molecule has 0 aromatic carbocycles. The summed E-state index contributed by atoms with van der Waals surface area (Å²) in [5.41, 5.74) is 0. The molecule has 0 aliphatic carbocycles. The molecule has 0 aromatic rings. The molecule has 0 radical (unpaired) electrons. The van der Waals surface area contributed by atoms with Crippen LogP contribution in [-0.4, -0.2) is 24.3 Å². The fourth-order valence-electron chi connectivity index (χ4n) is 1.92. The Balaban J connectivity index is 3.44. The van der Waals surface area contributed by atoms with Crippen molar-refractivity contribution in [3.8, 4) is 0 Å². The molecule has 0 aliphatic rings. The van der Waals surface area contributed by atoms with Crippen LogP contribution in [0.25, 0.3) is 0 Å². The van der Waals surface area contributed by atoms with Crippen LogP contribution in [0.2, 0.25) is 0 Å². The SMILES string of the molecule is CC=CCC=CC=CC(O)CCCCCCCC(=O)OC. The second-order valence-electron chi connectivity index (χ2n) is 5.07. The highest BCUT2D eigenvalue weighted by Crippen LogP contribution is 2.09. The fourth-order valence-corrected chi connectivity index (χ4v) is 1.92. The van der Waals surface area contributed by atoms with Crippen LogP contribution in [0.15, 0.2) is 36.5 Å². The zero-order valence-electron chi connectivity index (χ0n) is 13.5. The number of aliphatic hydroxyl groups excluding tert-OH is 1. The van der Waals surface area contributed by atoms with E-state index in [1.165, 1.54) is 7.11 Å². The van der Waals surface area contributed by atoms with Crippen molar-refractivity contribution in [2.45, 2.75) is 64.4 Å². The van der Waals surface area contributed by atoms with E-state index in [-0.39, 0.29) is 12.1 Å². The van der Waals surface area contributed by atoms with Crippen molar-refractivity contribution in [2.75, 3.05) is 7.11 Å². The first-order valence-electron chi connectivity index (χ1n) is 7.90. The summed E-state index contributed by atoms with van der Waals surface area (Å²) in [6, 6.07) is 0. The summed E-state index contributed by atoms with van der Waals surface area (Å²) in [6.07, 6.45) is 18.9. The van der Waals surface area contributed by atoms with E-state index in [4.69, 9.17) is 0 Å². The highest BCUT2D eigenvalue weighted by Gasteiger charge is 2.00. The largest absolute Gasteiger partial charge is 0.469 e. The van der Waals surface area contributed by atoms with Crippen molar-refractivity contribution in [2.24, 2.45) is 0 Å². The topological polar surface area (TPSA) is 46.5 Å². The first-order valence-corrected chi connectivity index (χ1v) is 7.90. The van der Waals surface area contributed by atoms with Gasteiger partial charge in [-0.3, -0.25) is 4.79 Å². The molecule has 1 N–H and O–H groups in total. The molecule has 3 nitrogen and oxygen atoms in total. The average molecular weight is 294 g/mol. The van der Waals surface area contributed by atoms with Crippen molar-refractivity contribution in [1.82, 2.24) is 0 Å². The molecule has 3 heteroatoms. The van der Waals surface area contributed by atoms with Gasteiger partial charge in [-0.2, -0.15) is 0 Å². The van der Waals surface area contributed by atoms with E-state index in [1.54, 1.807) is 0 Å². The summed E-state index contributed by atoms with van der Waals surface area (Å²) >= 11 is 0. The van der Waals surface area contributed by atoms with Gasteiger partial charge in [0, 0.05) is 6.42 Å². The Morgan fingerprint density at radius 3 is 2.52 bits per heavy atom. The Bertz CT molecular complexity index is 329. The Morgan fingerprint density at radius 2 is 1.81 bits per heavy atom. The molecule has 120 valence electrons. The number of methoxy groups -OCH3 is 1. The lowest BCUT2D eigenvalue weighted by Gasteiger charge is -2.05. The third-order valence-corrected chi connectivity index (χ3v) is 3.20. The van der Waals surface area contributed by atoms with Gasteiger partial charge in [-0.1, -0.05) is 62.1 Å². The Hall–Kier alpha value is -1.35. The molecule has 1 atom stereocenters. The second-order valence-corrected chi connectivity index (χ2v) is 5.07. The van der Waals surface area contributed by atoms with Crippen LogP contribution in [-0.2, 0) is 9.53 Å². The van der Waals surface area contributed by atoms with Gasteiger partial charge >= 0.3 is 5.97 Å². The molecule has 0 fully saturated rings. The lowest BCUT2D eigenvalue weighted by Crippen LogP contribution is -2.01. The summed E-state index contributed by atoms with van der Waals surface area (Å²) in [4.78, 5) is 10.9. The third kappa shape index (κ3) is 14.9. The number of rotatable bonds is 12. The predicted molar refractivity (Wildman–Crippen MR) is 88.1 cm³/mol. The van der Waals surface area contributed by atoms with E-state index >= 15 is 0 Å². The number of allylic oxidation sites excluding steroid dienone is 5. The number of ether oxygens (including phenoxy) is 1. The van der Waals surface area contributed by atoms with Gasteiger partial charge in [0.1, 0.15) is 0 Å². The minimum absolute atomic E-state index is 0.127. The van der Waals surface area contributed by atoms with Crippen molar-refractivity contribution in [1.29, 1.82) is 0 Å². The van der Waals surface area contributed by atoms with Gasteiger partial charge < -0.3 is 9.84 Å². The molecule has 0 aliphatic heterocycles. The second kappa shape index (κ2) is 15.0. The van der Waals surface area contributed by atoms with Gasteiger partial charge in [0.25, 0.3) is 0 Å². The number of aliphatic hydroxyl groups is 1. The van der Waals surface area contributed by atoms with E-state index in [0.717, 1.165) is 44.9 Å². The molecule has 0 saturated carbocycles. The minimum atomic E-state index is -0.355. The van der Waals surface area contributed by atoms with Gasteiger partial charge in [0.05, 0.1) is 13.2 Å². The molecule has 0 bridgehead atoms. The van der Waals surface area contributed by atoms with Crippen LogP contribution >= 0.6 is 0 Å². The van der Waals surface area contributed by atoms with Crippen LogP contribution in [0, 0.1) is 0 Å². The van der Waals surface area contributed by atoms with E-state index in [2.05, 4.69) is 16.9 Å². The van der Waals surface area contributed by atoms with Gasteiger partial charge in [0.2, 0.25) is 0 Å². The van der Waals surface area contributed by atoms with Gasteiger partial charge in [-0.25, -0.2) is 0 Å². The van der Waals surface area contributed by atoms with Crippen molar-refractivity contribution in [3.05, 3.63) is 36.5 Å². The molecule has 0 heterocycles. The molecule has 1 unspecified atom stereocenters. The first kappa shape index (κ1) is 19.7. The molecule has 0 saturated heterocycles. The zero-order chi connectivity index (χ0) is 15.8. The highest BCUT2D eigenvalue weighted by molar-refractivity contribution is 5.68. The fraction of sp³-hybridized carbons (Fsp3) is 0.611.